The Bertz CT molecular complexity index is 196. The van der Waals surface area contributed by atoms with E-state index >= 15 is 0 Å². The zero-order chi connectivity index (χ0) is 12.4. The van der Waals surface area contributed by atoms with Crippen LogP contribution in [0.15, 0.2) is 4.99 Å². The molecule has 0 saturated carbocycles. The number of aliphatic imine (C=N–C) groups is 1. The van der Waals surface area contributed by atoms with Crippen molar-refractivity contribution in [3.05, 3.63) is 0 Å². The highest BCUT2D eigenvalue weighted by Crippen LogP contribution is 1.93. The first-order chi connectivity index (χ1) is 7.52. The Morgan fingerprint density at radius 3 is 2.41 bits per heavy atom. The topological polar surface area (TPSA) is 59.6 Å². The van der Waals surface area contributed by atoms with Crippen molar-refractivity contribution in [1.29, 1.82) is 0 Å². The van der Waals surface area contributed by atoms with Crippen LogP contribution in [-0.2, 0) is 4.74 Å². The van der Waals surface area contributed by atoms with Gasteiger partial charge in [-0.25, -0.2) is 0 Å². The van der Waals surface area contributed by atoms with Crippen LogP contribution in [0.3, 0.4) is 0 Å². The number of unbranched alkanes of at least 4 members (excludes halogenated alkanes) is 1. The van der Waals surface area contributed by atoms with Gasteiger partial charge in [-0.05, 0) is 32.6 Å². The molecule has 0 atom stereocenters. The Labute approximate surface area is 123 Å². The fourth-order valence-electron chi connectivity index (χ4n) is 1.10. The standard InChI is InChI=1S/C12H27N3O.HI/c1-10(2)9-15-12(13)14-7-5-6-8-16-11(3)4;/h10-11H,5-9H2,1-4H3,(H3,13,14,15);1H. The molecule has 0 bridgehead atoms. The normalized spacial score (nSPS) is 11.8. The molecule has 0 unspecified atom stereocenters. The molecule has 0 aromatic carbocycles. The Morgan fingerprint density at radius 1 is 1.24 bits per heavy atom. The molecule has 0 aromatic rings. The van der Waals surface area contributed by atoms with Gasteiger partial charge in [0.15, 0.2) is 5.96 Å². The molecule has 0 rings (SSSR count). The van der Waals surface area contributed by atoms with Crippen LogP contribution < -0.4 is 11.1 Å². The second kappa shape index (κ2) is 12.4. The average Bonchev–Trinajstić information content (AvgIpc) is 2.19. The Morgan fingerprint density at radius 2 is 1.88 bits per heavy atom. The summed E-state index contributed by atoms with van der Waals surface area (Å²) in [6, 6.07) is 0. The SMILES string of the molecule is CC(C)CN=C(N)NCCCCOC(C)C.I. The highest BCUT2D eigenvalue weighted by molar-refractivity contribution is 14.0. The molecule has 104 valence electrons. The third-order valence-corrected chi connectivity index (χ3v) is 1.96. The van der Waals surface area contributed by atoms with Crippen molar-refractivity contribution in [2.75, 3.05) is 19.7 Å². The van der Waals surface area contributed by atoms with Crippen molar-refractivity contribution in [2.45, 2.75) is 46.6 Å². The zero-order valence-corrected chi connectivity index (χ0v) is 13.9. The van der Waals surface area contributed by atoms with Gasteiger partial charge in [-0.3, -0.25) is 4.99 Å². The minimum Gasteiger partial charge on any atom is -0.379 e. The fourth-order valence-corrected chi connectivity index (χ4v) is 1.10. The number of ether oxygens (including phenoxy) is 1. The first-order valence-electron chi connectivity index (χ1n) is 6.17. The maximum atomic E-state index is 5.69. The van der Waals surface area contributed by atoms with E-state index in [1.54, 1.807) is 0 Å². The second-order valence-electron chi connectivity index (χ2n) is 4.67. The van der Waals surface area contributed by atoms with E-state index in [4.69, 9.17) is 10.5 Å². The summed E-state index contributed by atoms with van der Waals surface area (Å²) in [6.45, 7) is 10.8. The molecule has 0 aromatic heterocycles. The number of nitrogens with one attached hydrogen (secondary N) is 1. The number of hydrogen-bond acceptors (Lipinski definition) is 2. The predicted molar refractivity (Wildman–Crippen MR) is 85.1 cm³/mol. The molecule has 0 aliphatic heterocycles. The van der Waals surface area contributed by atoms with Crippen molar-refractivity contribution in [3.63, 3.8) is 0 Å². The molecule has 0 heterocycles. The lowest BCUT2D eigenvalue weighted by molar-refractivity contribution is 0.0762. The van der Waals surface area contributed by atoms with Gasteiger partial charge in [0.05, 0.1) is 6.10 Å². The summed E-state index contributed by atoms with van der Waals surface area (Å²) in [5, 5.41) is 3.10. The quantitative estimate of drug-likeness (QED) is 0.304. The minimum absolute atomic E-state index is 0. The van der Waals surface area contributed by atoms with Crippen LogP contribution >= 0.6 is 24.0 Å². The van der Waals surface area contributed by atoms with Crippen molar-refractivity contribution >= 4 is 29.9 Å². The minimum atomic E-state index is 0. The third kappa shape index (κ3) is 16.0. The summed E-state index contributed by atoms with van der Waals surface area (Å²) in [6.07, 6.45) is 2.44. The van der Waals surface area contributed by atoms with E-state index < -0.39 is 0 Å². The second-order valence-corrected chi connectivity index (χ2v) is 4.67. The molecule has 0 radical (unpaired) electrons. The molecule has 0 amide bonds. The number of rotatable bonds is 8. The molecule has 0 fully saturated rings. The summed E-state index contributed by atoms with van der Waals surface area (Å²) >= 11 is 0. The van der Waals surface area contributed by atoms with Crippen LogP contribution in [-0.4, -0.2) is 31.8 Å². The van der Waals surface area contributed by atoms with E-state index in [2.05, 4.69) is 38.0 Å². The van der Waals surface area contributed by atoms with Gasteiger partial charge in [0.25, 0.3) is 0 Å². The lowest BCUT2D eigenvalue weighted by atomic mass is 10.2. The number of guanidine groups is 1. The predicted octanol–water partition coefficient (Wildman–Crippen LogP) is 2.37. The lowest BCUT2D eigenvalue weighted by Gasteiger charge is -2.08. The van der Waals surface area contributed by atoms with Crippen molar-refractivity contribution in [3.8, 4) is 0 Å². The number of hydrogen-bond donors (Lipinski definition) is 2. The first-order valence-corrected chi connectivity index (χ1v) is 6.17. The van der Waals surface area contributed by atoms with Gasteiger partial charge in [0.2, 0.25) is 0 Å². The Balaban J connectivity index is 0. The molecule has 0 aliphatic carbocycles. The van der Waals surface area contributed by atoms with Crippen LogP contribution in [0.1, 0.15) is 40.5 Å². The van der Waals surface area contributed by atoms with Gasteiger partial charge in [-0.2, -0.15) is 0 Å². The summed E-state index contributed by atoms with van der Waals surface area (Å²) in [5.41, 5.74) is 5.69. The molecular weight excluding hydrogens is 329 g/mol. The van der Waals surface area contributed by atoms with Gasteiger partial charge in [0, 0.05) is 19.7 Å². The first kappa shape index (κ1) is 19.3. The Kier molecular flexibility index (Phi) is 14.1. The van der Waals surface area contributed by atoms with Crippen LogP contribution in [0.5, 0.6) is 0 Å². The van der Waals surface area contributed by atoms with Crippen molar-refractivity contribution in [1.82, 2.24) is 5.32 Å². The van der Waals surface area contributed by atoms with E-state index in [1.807, 2.05) is 0 Å². The highest BCUT2D eigenvalue weighted by Gasteiger charge is 1.95. The van der Waals surface area contributed by atoms with Crippen molar-refractivity contribution in [2.24, 2.45) is 16.6 Å². The molecule has 5 heteroatoms. The summed E-state index contributed by atoms with van der Waals surface area (Å²) in [4.78, 5) is 4.22. The van der Waals surface area contributed by atoms with Gasteiger partial charge >= 0.3 is 0 Å². The largest absolute Gasteiger partial charge is 0.379 e. The molecule has 0 aliphatic rings. The van der Waals surface area contributed by atoms with Gasteiger partial charge < -0.3 is 15.8 Å². The van der Waals surface area contributed by atoms with E-state index in [9.17, 15) is 0 Å². The van der Waals surface area contributed by atoms with Gasteiger partial charge in [0.1, 0.15) is 0 Å². The average molecular weight is 357 g/mol. The fraction of sp³-hybridized carbons (Fsp3) is 0.917. The van der Waals surface area contributed by atoms with Crippen LogP contribution in [0.2, 0.25) is 0 Å². The number of nitrogens with two attached hydrogens (primary N) is 1. The lowest BCUT2D eigenvalue weighted by Crippen LogP contribution is -2.33. The summed E-state index contributed by atoms with van der Waals surface area (Å²) in [5.74, 6) is 1.11. The molecule has 17 heavy (non-hydrogen) atoms. The van der Waals surface area contributed by atoms with Crippen LogP contribution in [0.25, 0.3) is 0 Å². The number of halogens is 1. The zero-order valence-electron chi connectivity index (χ0n) is 11.5. The molecule has 0 spiro atoms. The van der Waals surface area contributed by atoms with Gasteiger partial charge in [-0.1, -0.05) is 13.8 Å². The Hall–Kier alpha value is -0.0400. The third-order valence-electron chi connectivity index (χ3n) is 1.96. The molecule has 3 N–H and O–H groups in total. The maximum Gasteiger partial charge on any atom is 0.188 e. The van der Waals surface area contributed by atoms with Crippen molar-refractivity contribution < 1.29 is 4.74 Å². The smallest absolute Gasteiger partial charge is 0.188 e. The molecule has 0 saturated heterocycles. The summed E-state index contributed by atoms with van der Waals surface area (Å²) < 4.78 is 5.44. The monoisotopic (exact) mass is 357 g/mol. The molecule has 4 nitrogen and oxygen atoms in total. The number of nitrogens with zero attached hydrogens (tertiary/aromatic N) is 1. The summed E-state index contributed by atoms with van der Waals surface area (Å²) in [7, 11) is 0. The maximum absolute atomic E-state index is 5.69. The van der Waals surface area contributed by atoms with Crippen LogP contribution in [0.4, 0.5) is 0 Å². The van der Waals surface area contributed by atoms with E-state index in [-0.39, 0.29) is 24.0 Å². The van der Waals surface area contributed by atoms with E-state index in [0.717, 1.165) is 32.5 Å². The van der Waals surface area contributed by atoms with E-state index in [1.165, 1.54) is 0 Å². The molecular formula is C12H28IN3O. The van der Waals surface area contributed by atoms with Crippen LogP contribution in [0, 0.1) is 5.92 Å². The highest BCUT2D eigenvalue weighted by atomic mass is 127. The van der Waals surface area contributed by atoms with Gasteiger partial charge in [-0.15, -0.1) is 24.0 Å². The van der Waals surface area contributed by atoms with E-state index in [0.29, 0.717) is 18.0 Å².